The first-order valence-electron chi connectivity index (χ1n) is 7.25. The molecule has 2 aromatic rings. The number of hydrogen-bond acceptors (Lipinski definition) is 6. The summed E-state index contributed by atoms with van der Waals surface area (Å²) in [6.07, 6.45) is 1.69. The second-order valence-corrected chi connectivity index (χ2v) is 5.62. The van der Waals surface area contributed by atoms with Crippen LogP contribution in [0.5, 0.6) is 5.75 Å². The topological polar surface area (TPSA) is 60.5 Å². The zero-order valence-electron chi connectivity index (χ0n) is 13.0. The van der Waals surface area contributed by atoms with Gasteiger partial charge in [-0.05, 0) is 37.6 Å². The summed E-state index contributed by atoms with van der Waals surface area (Å²) in [4.78, 5) is 17.1. The highest BCUT2D eigenvalue weighted by Crippen LogP contribution is 2.28. The molecular weight excluding hydrogens is 300 g/mol. The van der Waals surface area contributed by atoms with Crippen LogP contribution in [0.3, 0.4) is 0 Å². The highest BCUT2D eigenvalue weighted by atomic mass is 32.1. The number of carbonyl (C=O) groups excluding carboxylic acids is 1. The van der Waals surface area contributed by atoms with Crippen molar-refractivity contribution in [1.29, 1.82) is 0 Å². The molecule has 0 bridgehead atoms. The number of aromatic nitrogens is 1. The Morgan fingerprint density at radius 3 is 2.59 bits per heavy atom. The van der Waals surface area contributed by atoms with Crippen molar-refractivity contribution >= 4 is 28.1 Å². The zero-order valence-corrected chi connectivity index (χ0v) is 13.8. The lowest BCUT2D eigenvalue weighted by molar-refractivity contribution is 0.0530. The van der Waals surface area contributed by atoms with Crippen LogP contribution in [0.25, 0.3) is 0 Å². The van der Waals surface area contributed by atoms with E-state index in [0.717, 1.165) is 30.0 Å². The zero-order chi connectivity index (χ0) is 15.9. The molecule has 0 aliphatic carbocycles. The summed E-state index contributed by atoms with van der Waals surface area (Å²) in [5.74, 6) is 0.495. The van der Waals surface area contributed by atoms with Crippen molar-refractivity contribution < 1.29 is 14.3 Å². The van der Waals surface area contributed by atoms with Gasteiger partial charge < -0.3 is 14.8 Å². The fraction of sp³-hybridized carbons (Fsp3) is 0.375. The van der Waals surface area contributed by atoms with E-state index in [9.17, 15) is 4.79 Å². The van der Waals surface area contributed by atoms with Crippen LogP contribution in [0.4, 0.5) is 10.8 Å². The normalized spacial score (nSPS) is 10.3. The van der Waals surface area contributed by atoms with Gasteiger partial charge in [0.1, 0.15) is 10.6 Å². The van der Waals surface area contributed by atoms with Crippen LogP contribution in [0.1, 0.15) is 35.6 Å². The molecule has 118 valence electrons. The van der Waals surface area contributed by atoms with Crippen LogP contribution in [0.15, 0.2) is 24.3 Å². The Balaban J connectivity index is 2.19. The number of carbonyl (C=O) groups is 1. The van der Waals surface area contributed by atoms with Gasteiger partial charge in [-0.15, -0.1) is 0 Å². The average Bonchev–Trinajstić information content (AvgIpc) is 2.91. The number of rotatable bonds is 7. The minimum Gasteiger partial charge on any atom is -0.497 e. The molecule has 0 unspecified atom stereocenters. The number of ether oxygens (including phenoxy) is 2. The molecular formula is C16H20N2O3S. The number of thiazole rings is 1. The predicted octanol–water partition coefficient (Wildman–Crippen LogP) is 4.02. The molecule has 0 radical (unpaired) electrons. The molecule has 0 fully saturated rings. The molecule has 0 saturated carbocycles. The number of aryl methyl sites for hydroxylation is 1. The highest BCUT2D eigenvalue weighted by Gasteiger charge is 2.18. The van der Waals surface area contributed by atoms with Gasteiger partial charge in [-0.1, -0.05) is 24.7 Å². The summed E-state index contributed by atoms with van der Waals surface area (Å²) in [5.41, 5.74) is 1.69. The van der Waals surface area contributed by atoms with Crippen molar-refractivity contribution in [3.05, 3.63) is 34.8 Å². The van der Waals surface area contributed by atoms with Gasteiger partial charge in [0.05, 0.1) is 19.4 Å². The third kappa shape index (κ3) is 3.98. The number of anilines is 2. The van der Waals surface area contributed by atoms with E-state index in [2.05, 4.69) is 17.2 Å². The fourth-order valence-electron chi connectivity index (χ4n) is 1.97. The van der Waals surface area contributed by atoms with Crippen LogP contribution in [-0.2, 0) is 11.2 Å². The molecule has 1 N–H and O–H groups in total. The van der Waals surface area contributed by atoms with Crippen molar-refractivity contribution in [3.8, 4) is 5.75 Å². The number of esters is 1. The lowest BCUT2D eigenvalue weighted by atomic mass is 10.2. The number of nitrogens with zero attached hydrogens (tertiary/aromatic N) is 1. The predicted molar refractivity (Wildman–Crippen MR) is 88.3 cm³/mol. The van der Waals surface area contributed by atoms with Crippen LogP contribution < -0.4 is 10.1 Å². The second-order valence-electron chi connectivity index (χ2n) is 4.62. The summed E-state index contributed by atoms with van der Waals surface area (Å²) in [7, 11) is 1.63. The summed E-state index contributed by atoms with van der Waals surface area (Å²) in [6.45, 7) is 4.23. The third-order valence-electron chi connectivity index (χ3n) is 2.99. The van der Waals surface area contributed by atoms with Crippen molar-refractivity contribution in [2.45, 2.75) is 26.7 Å². The van der Waals surface area contributed by atoms with E-state index in [0.29, 0.717) is 16.6 Å². The van der Waals surface area contributed by atoms with Gasteiger partial charge in [-0.2, -0.15) is 0 Å². The van der Waals surface area contributed by atoms with E-state index in [-0.39, 0.29) is 5.97 Å². The van der Waals surface area contributed by atoms with Crippen molar-refractivity contribution in [2.75, 3.05) is 19.0 Å². The Hall–Kier alpha value is -2.08. The molecule has 0 amide bonds. The molecule has 0 saturated heterocycles. The van der Waals surface area contributed by atoms with Gasteiger partial charge in [0.2, 0.25) is 0 Å². The Morgan fingerprint density at radius 2 is 2.00 bits per heavy atom. The lowest BCUT2D eigenvalue weighted by Crippen LogP contribution is -2.05. The molecule has 1 heterocycles. The molecule has 22 heavy (non-hydrogen) atoms. The van der Waals surface area contributed by atoms with Gasteiger partial charge in [-0.25, -0.2) is 9.78 Å². The highest BCUT2D eigenvalue weighted by molar-refractivity contribution is 7.17. The Bertz CT molecular complexity index is 623. The van der Waals surface area contributed by atoms with Crippen molar-refractivity contribution in [1.82, 2.24) is 4.98 Å². The molecule has 0 aliphatic heterocycles. The molecule has 5 nitrogen and oxygen atoms in total. The number of nitrogens with one attached hydrogen (secondary N) is 1. The van der Waals surface area contributed by atoms with Crippen LogP contribution in [0, 0.1) is 0 Å². The SMILES string of the molecule is CCCc1nc(Nc2ccc(OC)cc2)sc1C(=O)OCC. The Labute approximate surface area is 134 Å². The van der Waals surface area contributed by atoms with E-state index in [1.165, 1.54) is 11.3 Å². The molecule has 1 aromatic carbocycles. The standard InChI is InChI=1S/C16H20N2O3S/c1-4-6-13-14(15(19)21-5-2)22-16(18-13)17-11-7-9-12(20-3)10-8-11/h7-10H,4-6H2,1-3H3,(H,17,18). The molecule has 0 aliphatic rings. The monoisotopic (exact) mass is 320 g/mol. The summed E-state index contributed by atoms with van der Waals surface area (Å²) in [5, 5.41) is 3.91. The fourth-order valence-corrected chi connectivity index (χ4v) is 2.89. The third-order valence-corrected chi connectivity index (χ3v) is 3.98. The number of hydrogen-bond donors (Lipinski definition) is 1. The van der Waals surface area contributed by atoms with Crippen LogP contribution in [0.2, 0.25) is 0 Å². The average molecular weight is 320 g/mol. The summed E-state index contributed by atoms with van der Waals surface area (Å²) in [6, 6.07) is 7.55. The first kappa shape index (κ1) is 16.3. The Morgan fingerprint density at radius 1 is 1.27 bits per heavy atom. The molecule has 0 spiro atoms. The first-order chi connectivity index (χ1) is 10.7. The van der Waals surface area contributed by atoms with E-state index in [4.69, 9.17) is 9.47 Å². The molecule has 1 aromatic heterocycles. The van der Waals surface area contributed by atoms with Crippen LogP contribution >= 0.6 is 11.3 Å². The van der Waals surface area contributed by atoms with Gasteiger partial charge in [0.15, 0.2) is 5.13 Å². The maximum Gasteiger partial charge on any atom is 0.350 e. The quantitative estimate of drug-likeness (QED) is 0.781. The number of methoxy groups -OCH3 is 1. The van der Waals surface area contributed by atoms with Gasteiger partial charge in [0, 0.05) is 5.69 Å². The maximum absolute atomic E-state index is 12.0. The van der Waals surface area contributed by atoms with E-state index < -0.39 is 0 Å². The van der Waals surface area contributed by atoms with Crippen molar-refractivity contribution in [2.24, 2.45) is 0 Å². The van der Waals surface area contributed by atoms with E-state index in [1.54, 1.807) is 14.0 Å². The second kappa shape index (κ2) is 7.79. The van der Waals surface area contributed by atoms with E-state index >= 15 is 0 Å². The number of benzene rings is 1. The lowest BCUT2D eigenvalue weighted by Gasteiger charge is -2.03. The van der Waals surface area contributed by atoms with Gasteiger partial charge in [0.25, 0.3) is 0 Å². The first-order valence-corrected chi connectivity index (χ1v) is 8.07. The summed E-state index contributed by atoms with van der Waals surface area (Å²) < 4.78 is 10.2. The van der Waals surface area contributed by atoms with Gasteiger partial charge >= 0.3 is 5.97 Å². The van der Waals surface area contributed by atoms with Gasteiger partial charge in [-0.3, -0.25) is 0 Å². The largest absolute Gasteiger partial charge is 0.497 e. The van der Waals surface area contributed by atoms with Crippen LogP contribution in [-0.4, -0.2) is 24.7 Å². The Kier molecular flexibility index (Phi) is 5.77. The van der Waals surface area contributed by atoms with Crippen molar-refractivity contribution in [3.63, 3.8) is 0 Å². The maximum atomic E-state index is 12.0. The minimum atomic E-state index is -0.300. The molecule has 6 heteroatoms. The summed E-state index contributed by atoms with van der Waals surface area (Å²) >= 11 is 1.32. The van der Waals surface area contributed by atoms with E-state index in [1.807, 2.05) is 24.3 Å². The smallest absolute Gasteiger partial charge is 0.350 e. The molecule has 0 atom stereocenters. The molecule has 2 rings (SSSR count). The minimum absolute atomic E-state index is 0.300.